The van der Waals surface area contributed by atoms with Gasteiger partial charge >= 0.3 is 0 Å². The first-order chi connectivity index (χ1) is 12.8. The predicted molar refractivity (Wildman–Crippen MR) is 100 cm³/mol. The highest BCUT2D eigenvalue weighted by molar-refractivity contribution is 5.92. The maximum absolute atomic E-state index is 12.3. The van der Waals surface area contributed by atoms with Gasteiger partial charge in [-0.3, -0.25) is 9.59 Å². The Morgan fingerprint density at radius 3 is 2.78 bits per heavy atom. The van der Waals surface area contributed by atoms with Crippen molar-refractivity contribution in [3.05, 3.63) is 33.9 Å². The zero-order valence-corrected chi connectivity index (χ0v) is 16.0. The fourth-order valence-corrected chi connectivity index (χ4v) is 6.88. The Labute approximate surface area is 159 Å². The molecule has 6 heteroatoms. The van der Waals surface area contributed by atoms with Crippen LogP contribution in [0.2, 0.25) is 0 Å². The van der Waals surface area contributed by atoms with Crippen molar-refractivity contribution in [1.29, 1.82) is 0 Å². The number of ketones is 2. The van der Waals surface area contributed by atoms with Gasteiger partial charge in [0.05, 0.1) is 0 Å². The van der Waals surface area contributed by atoms with E-state index >= 15 is 0 Å². The molecule has 2 saturated carbocycles. The van der Waals surface area contributed by atoms with Crippen LogP contribution in [0.1, 0.15) is 52.4 Å². The molecule has 27 heavy (non-hydrogen) atoms. The molecule has 4 aliphatic rings. The molecule has 0 spiro atoms. The number of allylic oxidation sites excluding steroid dienone is 3. The molecule has 0 heterocycles. The minimum absolute atomic E-state index is 0.0384. The van der Waals surface area contributed by atoms with E-state index in [0.29, 0.717) is 24.0 Å². The third kappa shape index (κ3) is 2.54. The number of Topliss-reactive ketones (excluding diaryl/α,β-unsaturated/α-hetero) is 1. The standard InChI is InChI=1S/C21H27N3O3/c1-20-8-6-15-13(14(20)3-4-16(20)19(27)11-25)10-18(23-24-22)17-9-12(26)5-7-21(15,17)2/h9-10,13-16,25H,3-8,11H2,1-2H3/t13-,14-,15-,16+,20-,21+/m0/s1. The lowest BCUT2D eigenvalue weighted by atomic mass is 9.48. The van der Waals surface area contributed by atoms with E-state index in [9.17, 15) is 14.7 Å². The number of aliphatic hydroxyl groups excluding tert-OH is 1. The van der Waals surface area contributed by atoms with Gasteiger partial charge in [-0.25, -0.2) is 0 Å². The van der Waals surface area contributed by atoms with Crippen molar-refractivity contribution in [3.63, 3.8) is 0 Å². The summed E-state index contributed by atoms with van der Waals surface area (Å²) in [5, 5.41) is 13.4. The lowest BCUT2D eigenvalue weighted by molar-refractivity contribution is -0.131. The Hall–Kier alpha value is -1.91. The number of hydrogen-bond acceptors (Lipinski definition) is 4. The fourth-order valence-electron chi connectivity index (χ4n) is 6.88. The second kappa shape index (κ2) is 6.32. The van der Waals surface area contributed by atoms with Gasteiger partial charge in [-0.15, -0.1) is 0 Å². The second-order valence-corrected chi connectivity index (χ2v) is 9.27. The van der Waals surface area contributed by atoms with E-state index in [4.69, 9.17) is 5.53 Å². The van der Waals surface area contributed by atoms with E-state index in [1.807, 2.05) is 0 Å². The largest absolute Gasteiger partial charge is 0.389 e. The number of hydrogen-bond donors (Lipinski definition) is 1. The minimum atomic E-state index is -0.381. The highest BCUT2D eigenvalue weighted by atomic mass is 16.3. The van der Waals surface area contributed by atoms with Crippen molar-refractivity contribution >= 4 is 11.6 Å². The molecule has 0 saturated heterocycles. The highest BCUT2D eigenvalue weighted by Gasteiger charge is 2.59. The van der Waals surface area contributed by atoms with Gasteiger partial charge in [0.15, 0.2) is 11.6 Å². The van der Waals surface area contributed by atoms with Gasteiger partial charge in [-0.05, 0) is 77.9 Å². The number of nitrogens with zero attached hydrogens (tertiary/aromatic N) is 3. The number of carbonyl (C=O) groups is 2. The number of fused-ring (bicyclic) bond motifs is 5. The maximum Gasteiger partial charge on any atom is 0.161 e. The lowest BCUT2D eigenvalue weighted by Gasteiger charge is -2.56. The molecule has 1 N–H and O–H groups in total. The molecule has 0 aromatic carbocycles. The van der Waals surface area contributed by atoms with Crippen molar-refractivity contribution in [2.45, 2.75) is 52.4 Å². The summed E-state index contributed by atoms with van der Waals surface area (Å²) >= 11 is 0. The zero-order chi connectivity index (χ0) is 19.4. The molecule has 0 aromatic rings. The summed E-state index contributed by atoms with van der Waals surface area (Å²) in [4.78, 5) is 27.4. The molecule has 0 amide bonds. The zero-order valence-electron chi connectivity index (χ0n) is 16.0. The van der Waals surface area contributed by atoms with Crippen LogP contribution >= 0.6 is 0 Å². The van der Waals surface area contributed by atoms with Gasteiger partial charge in [0.25, 0.3) is 0 Å². The smallest absolute Gasteiger partial charge is 0.161 e. The molecular weight excluding hydrogens is 342 g/mol. The van der Waals surface area contributed by atoms with E-state index in [1.54, 1.807) is 6.08 Å². The number of azide groups is 1. The molecule has 0 unspecified atom stereocenters. The molecule has 6 atom stereocenters. The summed E-state index contributed by atoms with van der Waals surface area (Å²) in [7, 11) is 0. The summed E-state index contributed by atoms with van der Waals surface area (Å²) in [5.74, 6) is 0.976. The molecule has 6 nitrogen and oxygen atoms in total. The molecule has 144 valence electrons. The van der Waals surface area contributed by atoms with Crippen molar-refractivity contribution in [3.8, 4) is 0 Å². The third-order valence-corrected chi connectivity index (χ3v) is 8.29. The SMILES string of the molecule is C[C@]12CC[C@H]3[C@@H](C=C(N=[N+]=[N-])C4=CC(=O)CC[C@@]43C)[C@@H]1CC[C@@H]2C(=O)CO. The fraction of sp³-hybridized carbons (Fsp3) is 0.714. The monoisotopic (exact) mass is 369 g/mol. The summed E-state index contributed by atoms with van der Waals surface area (Å²) in [5.41, 5.74) is 10.3. The number of aliphatic hydroxyl groups is 1. The van der Waals surface area contributed by atoms with Crippen LogP contribution in [0.15, 0.2) is 28.5 Å². The van der Waals surface area contributed by atoms with Gasteiger partial charge in [-0.1, -0.05) is 25.0 Å². The van der Waals surface area contributed by atoms with Gasteiger partial charge in [0.1, 0.15) is 6.61 Å². The van der Waals surface area contributed by atoms with Crippen molar-refractivity contribution in [2.24, 2.45) is 39.6 Å². The molecule has 2 fully saturated rings. The molecule has 0 radical (unpaired) electrons. The Kier molecular flexibility index (Phi) is 4.32. The van der Waals surface area contributed by atoms with Crippen LogP contribution in [0.5, 0.6) is 0 Å². The van der Waals surface area contributed by atoms with Crippen molar-refractivity contribution in [2.75, 3.05) is 6.61 Å². The Balaban J connectivity index is 1.80. The number of carbonyl (C=O) groups excluding carboxylic acids is 2. The average molecular weight is 369 g/mol. The van der Waals surface area contributed by atoms with E-state index < -0.39 is 0 Å². The molecule has 0 bridgehead atoms. The quantitative estimate of drug-likeness (QED) is 0.460. The van der Waals surface area contributed by atoms with Gasteiger partial charge < -0.3 is 5.11 Å². The first-order valence-corrected chi connectivity index (χ1v) is 10.0. The molecule has 4 rings (SSSR count). The summed E-state index contributed by atoms with van der Waals surface area (Å²) in [6.45, 7) is 4.04. The van der Waals surface area contributed by atoms with Gasteiger partial charge in [0.2, 0.25) is 0 Å². The minimum Gasteiger partial charge on any atom is -0.389 e. The predicted octanol–water partition coefficient (Wildman–Crippen LogP) is 4.11. The van der Waals surface area contributed by atoms with Crippen LogP contribution < -0.4 is 0 Å². The maximum atomic E-state index is 12.3. The molecular formula is C21H27N3O3. The second-order valence-electron chi connectivity index (χ2n) is 9.27. The summed E-state index contributed by atoms with van der Waals surface area (Å²) in [6, 6.07) is 0. The van der Waals surface area contributed by atoms with Crippen LogP contribution in [0.25, 0.3) is 10.4 Å². The van der Waals surface area contributed by atoms with Crippen LogP contribution in [0.3, 0.4) is 0 Å². The van der Waals surface area contributed by atoms with E-state index in [-0.39, 0.29) is 40.8 Å². The topological polar surface area (TPSA) is 103 Å². The highest BCUT2D eigenvalue weighted by Crippen LogP contribution is 2.66. The summed E-state index contributed by atoms with van der Waals surface area (Å²) < 4.78 is 0. The molecule has 0 aromatic heterocycles. The Morgan fingerprint density at radius 2 is 2.07 bits per heavy atom. The molecule has 4 aliphatic carbocycles. The van der Waals surface area contributed by atoms with Crippen molar-refractivity contribution < 1.29 is 14.7 Å². The van der Waals surface area contributed by atoms with Gasteiger partial charge in [0, 0.05) is 22.9 Å². The van der Waals surface area contributed by atoms with Crippen molar-refractivity contribution in [1.82, 2.24) is 0 Å². The van der Waals surface area contributed by atoms with E-state index in [1.165, 1.54) is 0 Å². The first-order valence-electron chi connectivity index (χ1n) is 10.0. The average Bonchev–Trinajstić information content (AvgIpc) is 3.00. The van der Waals surface area contributed by atoms with Crippen LogP contribution in [-0.2, 0) is 9.59 Å². The van der Waals surface area contributed by atoms with Gasteiger partial charge in [-0.2, -0.15) is 0 Å². The van der Waals surface area contributed by atoms with Crippen LogP contribution in [-0.4, -0.2) is 23.3 Å². The number of rotatable bonds is 3. The normalized spacial score (nSPS) is 42.9. The third-order valence-electron chi connectivity index (χ3n) is 8.29. The lowest BCUT2D eigenvalue weighted by Crippen LogP contribution is -2.50. The van der Waals surface area contributed by atoms with E-state index in [2.05, 4.69) is 29.9 Å². The summed E-state index contributed by atoms with van der Waals surface area (Å²) in [6.07, 6.45) is 8.87. The first kappa shape index (κ1) is 18.5. The molecule has 0 aliphatic heterocycles. The Bertz CT molecular complexity index is 809. The Morgan fingerprint density at radius 1 is 1.30 bits per heavy atom. The van der Waals surface area contributed by atoms with Crippen LogP contribution in [0.4, 0.5) is 0 Å². The van der Waals surface area contributed by atoms with E-state index in [0.717, 1.165) is 37.7 Å². The van der Waals surface area contributed by atoms with Crippen LogP contribution in [0, 0.1) is 34.5 Å².